The van der Waals surface area contributed by atoms with Crippen LogP contribution in [0, 0.1) is 13.8 Å². The second-order valence-corrected chi connectivity index (χ2v) is 6.26. The van der Waals surface area contributed by atoms with Gasteiger partial charge in [-0.05, 0) is 44.4 Å². The minimum atomic E-state index is 0.735. The van der Waals surface area contributed by atoms with Crippen LogP contribution in [0.15, 0.2) is 54.9 Å². The first-order chi connectivity index (χ1) is 11.7. The monoisotopic (exact) mass is 319 g/mol. The molecule has 2 N–H and O–H groups in total. The van der Waals surface area contributed by atoms with Gasteiger partial charge in [0.15, 0.2) is 0 Å². The van der Waals surface area contributed by atoms with Gasteiger partial charge in [-0.2, -0.15) is 0 Å². The molecule has 3 heteroatoms. The van der Waals surface area contributed by atoms with Crippen molar-refractivity contribution in [2.75, 3.05) is 6.54 Å². The summed E-state index contributed by atoms with van der Waals surface area (Å²) in [7, 11) is 0. The standard InChI is InChI=1S/C21H25N3/c1-16-9-8-10-17(2)19(16)21-20(18-11-4-3-5-12-18)23-15-24(21)14-7-6-13-22/h3-5,8-12,15H,6-7,13-14,22H2,1-2H3. The van der Waals surface area contributed by atoms with Crippen molar-refractivity contribution in [3.63, 3.8) is 0 Å². The molecule has 0 aliphatic heterocycles. The Labute approximate surface area is 144 Å². The van der Waals surface area contributed by atoms with Crippen molar-refractivity contribution in [3.05, 3.63) is 66.0 Å². The normalized spacial score (nSPS) is 11.0. The number of hydrogen-bond donors (Lipinski definition) is 1. The van der Waals surface area contributed by atoms with E-state index in [4.69, 9.17) is 10.7 Å². The van der Waals surface area contributed by atoms with Crippen LogP contribution in [0.2, 0.25) is 0 Å². The number of unbranched alkanes of at least 4 members (excludes halogenated alkanes) is 1. The average Bonchev–Trinajstić information content (AvgIpc) is 2.99. The topological polar surface area (TPSA) is 43.8 Å². The molecular formula is C21H25N3. The summed E-state index contributed by atoms with van der Waals surface area (Å²) in [5, 5.41) is 0. The molecule has 0 radical (unpaired) electrons. The van der Waals surface area contributed by atoms with Crippen molar-refractivity contribution in [1.29, 1.82) is 0 Å². The highest BCUT2D eigenvalue weighted by atomic mass is 15.1. The number of imidazole rings is 1. The first-order valence-electron chi connectivity index (χ1n) is 8.59. The Morgan fingerprint density at radius 1 is 0.917 bits per heavy atom. The first kappa shape index (κ1) is 16.5. The Balaban J connectivity index is 2.15. The Kier molecular flexibility index (Phi) is 5.11. The maximum atomic E-state index is 5.66. The van der Waals surface area contributed by atoms with Crippen LogP contribution in [0.25, 0.3) is 22.5 Å². The zero-order valence-corrected chi connectivity index (χ0v) is 14.5. The molecule has 0 amide bonds. The maximum Gasteiger partial charge on any atom is 0.0963 e. The Hall–Kier alpha value is -2.39. The summed E-state index contributed by atoms with van der Waals surface area (Å²) >= 11 is 0. The smallest absolute Gasteiger partial charge is 0.0963 e. The Bertz CT molecular complexity index is 783. The summed E-state index contributed by atoms with van der Waals surface area (Å²) in [6.45, 7) is 6.03. The molecule has 0 aliphatic carbocycles. The van der Waals surface area contributed by atoms with Crippen LogP contribution in [0.5, 0.6) is 0 Å². The van der Waals surface area contributed by atoms with Gasteiger partial charge in [-0.3, -0.25) is 0 Å². The minimum Gasteiger partial charge on any atom is -0.330 e. The molecule has 0 bridgehead atoms. The summed E-state index contributed by atoms with van der Waals surface area (Å²) in [4.78, 5) is 4.76. The molecule has 3 aromatic rings. The second kappa shape index (κ2) is 7.45. The zero-order valence-electron chi connectivity index (χ0n) is 14.5. The third-order valence-electron chi connectivity index (χ3n) is 4.46. The molecular weight excluding hydrogens is 294 g/mol. The van der Waals surface area contributed by atoms with E-state index in [0.29, 0.717) is 0 Å². The molecule has 0 saturated heterocycles. The fourth-order valence-corrected chi connectivity index (χ4v) is 3.24. The fourth-order valence-electron chi connectivity index (χ4n) is 3.24. The Morgan fingerprint density at radius 2 is 1.62 bits per heavy atom. The third kappa shape index (κ3) is 3.26. The lowest BCUT2D eigenvalue weighted by Gasteiger charge is -2.15. The minimum absolute atomic E-state index is 0.735. The van der Waals surface area contributed by atoms with Gasteiger partial charge in [-0.25, -0.2) is 4.98 Å². The van der Waals surface area contributed by atoms with Gasteiger partial charge in [0.25, 0.3) is 0 Å². The predicted octanol–water partition coefficient (Wildman–Crippen LogP) is 4.57. The van der Waals surface area contributed by atoms with E-state index in [1.807, 2.05) is 12.4 Å². The quantitative estimate of drug-likeness (QED) is 0.676. The molecule has 1 aromatic heterocycles. The first-order valence-corrected chi connectivity index (χ1v) is 8.59. The molecule has 124 valence electrons. The van der Waals surface area contributed by atoms with Gasteiger partial charge < -0.3 is 10.3 Å². The number of rotatable bonds is 6. The molecule has 3 rings (SSSR count). The molecule has 0 aliphatic rings. The third-order valence-corrected chi connectivity index (χ3v) is 4.46. The van der Waals surface area contributed by atoms with E-state index in [0.717, 1.165) is 37.2 Å². The largest absolute Gasteiger partial charge is 0.330 e. The number of nitrogens with zero attached hydrogens (tertiary/aromatic N) is 2. The van der Waals surface area contributed by atoms with Gasteiger partial charge in [-0.15, -0.1) is 0 Å². The van der Waals surface area contributed by atoms with E-state index in [2.05, 4.69) is 60.9 Å². The molecule has 0 saturated carbocycles. The lowest BCUT2D eigenvalue weighted by Crippen LogP contribution is -2.05. The zero-order chi connectivity index (χ0) is 16.9. The van der Waals surface area contributed by atoms with E-state index in [1.54, 1.807) is 0 Å². The SMILES string of the molecule is Cc1cccc(C)c1-c1c(-c2ccccc2)ncn1CCCCN. The van der Waals surface area contributed by atoms with Crippen LogP contribution < -0.4 is 5.73 Å². The predicted molar refractivity (Wildman–Crippen MR) is 101 cm³/mol. The van der Waals surface area contributed by atoms with Gasteiger partial charge >= 0.3 is 0 Å². The number of hydrogen-bond acceptors (Lipinski definition) is 2. The van der Waals surface area contributed by atoms with Crippen molar-refractivity contribution in [3.8, 4) is 22.5 Å². The van der Waals surface area contributed by atoms with Crippen LogP contribution in [-0.2, 0) is 6.54 Å². The van der Waals surface area contributed by atoms with Crippen molar-refractivity contribution in [2.24, 2.45) is 5.73 Å². The van der Waals surface area contributed by atoms with E-state index in [1.165, 1.54) is 22.4 Å². The van der Waals surface area contributed by atoms with Gasteiger partial charge in [0, 0.05) is 17.7 Å². The van der Waals surface area contributed by atoms with Gasteiger partial charge in [0.05, 0.1) is 17.7 Å². The molecule has 0 fully saturated rings. The number of aromatic nitrogens is 2. The van der Waals surface area contributed by atoms with Crippen LogP contribution >= 0.6 is 0 Å². The van der Waals surface area contributed by atoms with Crippen molar-refractivity contribution in [2.45, 2.75) is 33.2 Å². The number of aryl methyl sites for hydroxylation is 3. The molecule has 0 atom stereocenters. The second-order valence-electron chi connectivity index (χ2n) is 6.26. The summed E-state index contributed by atoms with van der Waals surface area (Å²) in [5.74, 6) is 0. The van der Waals surface area contributed by atoms with Crippen LogP contribution in [0.3, 0.4) is 0 Å². The number of nitrogens with two attached hydrogens (primary N) is 1. The van der Waals surface area contributed by atoms with Crippen LogP contribution in [-0.4, -0.2) is 16.1 Å². The van der Waals surface area contributed by atoms with E-state index >= 15 is 0 Å². The van der Waals surface area contributed by atoms with Crippen LogP contribution in [0.4, 0.5) is 0 Å². The molecule has 0 spiro atoms. The lowest BCUT2D eigenvalue weighted by atomic mass is 9.96. The van der Waals surface area contributed by atoms with Crippen molar-refractivity contribution >= 4 is 0 Å². The maximum absolute atomic E-state index is 5.66. The Morgan fingerprint density at radius 3 is 2.29 bits per heavy atom. The molecule has 3 nitrogen and oxygen atoms in total. The van der Waals surface area contributed by atoms with Crippen molar-refractivity contribution < 1.29 is 0 Å². The summed E-state index contributed by atoms with van der Waals surface area (Å²) in [6, 6.07) is 16.9. The lowest BCUT2D eigenvalue weighted by molar-refractivity contribution is 0.618. The fraction of sp³-hybridized carbons (Fsp3) is 0.286. The highest BCUT2D eigenvalue weighted by molar-refractivity contribution is 5.81. The van der Waals surface area contributed by atoms with Gasteiger partial charge in [0.2, 0.25) is 0 Å². The van der Waals surface area contributed by atoms with Crippen molar-refractivity contribution in [1.82, 2.24) is 9.55 Å². The van der Waals surface area contributed by atoms with Crippen LogP contribution in [0.1, 0.15) is 24.0 Å². The average molecular weight is 319 g/mol. The summed E-state index contributed by atoms with van der Waals surface area (Å²) in [5.41, 5.74) is 13.0. The summed E-state index contributed by atoms with van der Waals surface area (Å²) in [6.07, 6.45) is 4.07. The number of benzene rings is 2. The summed E-state index contributed by atoms with van der Waals surface area (Å²) < 4.78 is 2.29. The van der Waals surface area contributed by atoms with Gasteiger partial charge in [-0.1, -0.05) is 48.5 Å². The van der Waals surface area contributed by atoms with E-state index in [-0.39, 0.29) is 0 Å². The molecule has 2 aromatic carbocycles. The molecule has 0 unspecified atom stereocenters. The van der Waals surface area contributed by atoms with Gasteiger partial charge in [0.1, 0.15) is 0 Å². The molecule has 1 heterocycles. The highest BCUT2D eigenvalue weighted by Gasteiger charge is 2.18. The molecule has 24 heavy (non-hydrogen) atoms. The van der Waals surface area contributed by atoms with E-state index < -0.39 is 0 Å². The van der Waals surface area contributed by atoms with E-state index in [9.17, 15) is 0 Å². The highest BCUT2D eigenvalue weighted by Crippen LogP contribution is 2.35.